The Bertz CT molecular complexity index is 642. The standard InChI is InChI=1S/C22H36N4O2/c1-8-14-28-21-15-19(10-11-20(21)27-7)16-25-22(23-6)24-12-9-13-26(17(2)3)18(4)5/h1,10-11,15,17-18H,9,12-14,16H2,2-7H3,(H2,23,24,25). The first-order chi connectivity index (χ1) is 13.4. The number of benzene rings is 1. The van der Waals surface area contributed by atoms with E-state index in [-0.39, 0.29) is 6.61 Å². The minimum absolute atomic E-state index is 0.209. The molecule has 1 aromatic rings. The molecule has 0 aromatic heterocycles. The minimum Gasteiger partial charge on any atom is -0.493 e. The van der Waals surface area contributed by atoms with Crippen LogP contribution in [0.3, 0.4) is 0 Å². The maximum atomic E-state index is 5.55. The first kappa shape index (κ1) is 23.6. The van der Waals surface area contributed by atoms with Gasteiger partial charge in [0.1, 0.15) is 6.61 Å². The third kappa shape index (κ3) is 8.10. The van der Waals surface area contributed by atoms with Crippen LogP contribution in [0.2, 0.25) is 0 Å². The molecule has 0 saturated heterocycles. The van der Waals surface area contributed by atoms with E-state index in [0.717, 1.165) is 31.0 Å². The summed E-state index contributed by atoms with van der Waals surface area (Å²) in [5, 5.41) is 6.70. The summed E-state index contributed by atoms with van der Waals surface area (Å²) in [6.07, 6.45) is 6.34. The number of ether oxygens (including phenoxy) is 2. The smallest absolute Gasteiger partial charge is 0.191 e. The Kier molecular flexibility index (Phi) is 10.9. The topological polar surface area (TPSA) is 58.1 Å². The van der Waals surface area contributed by atoms with Crippen LogP contribution in [0.15, 0.2) is 23.2 Å². The Morgan fingerprint density at radius 1 is 1.18 bits per heavy atom. The number of hydrogen-bond acceptors (Lipinski definition) is 4. The van der Waals surface area contributed by atoms with Gasteiger partial charge < -0.3 is 20.1 Å². The highest BCUT2D eigenvalue weighted by molar-refractivity contribution is 5.79. The van der Waals surface area contributed by atoms with Crippen molar-refractivity contribution >= 4 is 5.96 Å². The van der Waals surface area contributed by atoms with Gasteiger partial charge in [-0.25, -0.2) is 0 Å². The fourth-order valence-electron chi connectivity index (χ4n) is 3.05. The van der Waals surface area contributed by atoms with E-state index in [1.807, 2.05) is 18.2 Å². The van der Waals surface area contributed by atoms with Crippen LogP contribution in [0.1, 0.15) is 39.7 Å². The zero-order valence-electron chi connectivity index (χ0n) is 18.2. The molecule has 0 atom stereocenters. The van der Waals surface area contributed by atoms with Crippen LogP contribution in [0.5, 0.6) is 11.5 Å². The summed E-state index contributed by atoms with van der Waals surface area (Å²) in [6.45, 7) is 11.7. The Hall–Kier alpha value is -2.39. The zero-order chi connectivity index (χ0) is 20.9. The van der Waals surface area contributed by atoms with Crippen molar-refractivity contribution in [1.29, 1.82) is 0 Å². The van der Waals surface area contributed by atoms with E-state index >= 15 is 0 Å². The summed E-state index contributed by atoms with van der Waals surface area (Å²) < 4.78 is 10.9. The van der Waals surface area contributed by atoms with Crippen molar-refractivity contribution in [3.05, 3.63) is 23.8 Å². The number of hydrogen-bond donors (Lipinski definition) is 2. The number of methoxy groups -OCH3 is 1. The molecular weight excluding hydrogens is 352 g/mol. The van der Waals surface area contributed by atoms with Gasteiger partial charge in [0.25, 0.3) is 0 Å². The molecule has 0 aliphatic carbocycles. The molecule has 0 heterocycles. The van der Waals surface area contributed by atoms with E-state index in [4.69, 9.17) is 15.9 Å². The van der Waals surface area contributed by atoms with Crippen LogP contribution in [0.4, 0.5) is 0 Å². The molecule has 28 heavy (non-hydrogen) atoms. The Morgan fingerprint density at radius 2 is 1.89 bits per heavy atom. The van der Waals surface area contributed by atoms with Gasteiger partial charge in [-0.15, -0.1) is 6.42 Å². The Labute approximate surface area is 170 Å². The third-order valence-corrected chi connectivity index (χ3v) is 4.43. The molecule has 0 aliphatic heterocycles. The third-order valence-electron chi connectivity index (χ3n) is 4.43. The van der Waals surface area contributed by atoms with Crippen molar-refractivity contribution in [3.8, 4) is 23.8 Å². The van der Waals surface area contributed by atoms with E-state index in [1.54, 1.807) is 14.2 Å². The molecule has 6 nitrogen and oxygen atoms in total. The number of nitrogens with one attached hydrogen (secondary N) is 2. The summed E-state index contributed by atoms with van der Waals surface area (Å²) in [5.41, 5.74) is 1.06. The van der Waals surface area contributed by atoms with Gasteiger partial charge >= 0.3 is 0 Å². The molecule has 6 heteroatoms. The highest BCUT2D eigenvalue weighted by Crippen LogP contribution is 2.27. The summed E-state index contributed by atoms with van der Waals surface area (Å²) in [5.74, 6) is 4.56. The Morgan fingerprint density at radius 3 is 2.46 bits per heavy atom. The van der Waals surface area contributed by atoms with E-state index in [0.29, 0.717) is 30.1 Å². The molecule has 1 aromatic carbocycles. The molecule has 0 saturated carbocycles. The minimum atomic E-state index is 0.209. The molecule has 1 rings (SSSR count). The highest BCUT2D eigenvalue weighted by Gasteiger charge is 2.12. The van der Waals surface area contributed by atoms with Crippen LogP contribution < -0.4 is 20.1 Å². The highest BCUT2D eigenvalue weighted by atomic mass is 16.5. The van der Waals surface area contributed by atoms with Crippen LogP contribution in [0, 0.1) is 12.3 Å². The molecule has 0 bridgehead atoms. The molecule has 0 radical (unpaired) electrons. The average molecular weight is 389 g/mol. The van der Waals surface area contributed by atoms with Crippen LogP contribution in [-0.4, -0.2) is 56.8 Å². The largest absolute Gasteiger partial charge is 0.493 e. The fraction of sp³-hybridized carbons (Fsp3) is 0.591. The van der Waals surface area contributed by atoms with Gasteiger partial charge in [-0.05, 0) is 51.8 Å². The lowest BCUT2D eigenvalue weighted by molar-refractivity contribution is 0.173. The SMILES string of the molecule is C#CCOc1cc(CNC(=NC)NCCCN(C(C)C)C(C)C)ccc1OC. The molecule has 0 spiro atoms. The first-order valence-electron chi connectivity index (χ1n) is 9.86. The molecule has 0 amide bonds. The zero-order valence-corrected chi connectivity index (χ0v) is 18.2. The second-order valence-corrected chi connectivity index (χ2v) is 7.11. The van der Waals surface area contributed by atoms with Gasteiger partial charge in [0.2, 0.25) is 0 Å². The molecule has 0 fully saturated rings. The molecule has 2 N–H and O–H groups in total. The van der Waals surface area contributed by atoms with E-state index in [9.17, 15) is 0 Å². The Balaban J connectivity index is 2.51. The molecule has 0 unspecified atom stereocenters. The van der Waals surface area contributed by atoms with Crippen molar-refractivity contribution in [2.45, 2.75) is 52.7 Å². The van der Waals surface area contributed by atoms with Gasteiger partial charge in [0.15, 0.2) is 17.5 Å². The van der Waals surface area contributed by atoms with Crippen molar-refractivity contribution in [2.24, 2.45) is 4.99 Å². The van der Waals surface area contributed by atoms with Crippen molar-refractivity contribution in [2.75, 3.05) is 33.9 Å². The lowest BCUT2D eigenvalue weighted by Crippen LogP contribution is -2.41. The number of guanidine groups is 1. The van der Waals surface area contributed by atoms with Gasteiger partial charge in [0, 0.05) is 38.8 Å². The van der Waals surface area contributed by atoms with Crippen LogP contribution in [0.25, 0.3) is 0 Å². The fourth-order valence-corrected chi connectivity index (χ4v) is 3.05. The van der Waals surface area contributed by atoms with Gasteiger partial charge in [-0.3, -0.25) is 9.89 Å². The maximum Gasteiger partial charge on any atom is 0.191 e. The van der Waals surface area contributed by atoms with E-state index in [1.165, 1.54) is 0 Å². The number of terminal acetylenes is 1. The van der Waals surface area contributed by atoms with Gasteiger partial charge in [-0.1, -0.05) is 12.0 Å². The first-order valence-corrected chi connectivity index (χ1v) is 9.86. The quantitative estimate of drug-likeness (QED) is 0.264. The number of aliphatic imine (C=N–C) groups is 1. The van der Waals surface area contributed by atoms with Crippen molar-refractivity contribution in [1.82, 2.24) is 15.5 Å². The summed E-state index contributed by atoms with van der Waals surface area (Å²) in [4.78, 5) is 6.79. The normalized spacial score (nSPS) is 11.6. The van der Waals surface area contributed by atoms with Crippen molar-refractivity contribution < 1.29 is 9.47 Å². The van der Waals surface area contributed by atoms with Gasteiger partial charge in [0.05, 0.1) is 7.11 Å². The maximum absolute atomic E-state index is 5.55. The van der Waals surface area contributed by atoms with Crippen LogP contribution in [-0.2, 0) is 6.54 Å². The second-order valence-electron chi connectivity index (χ2n) is 7.11. The predicted molar refractivity (Wildman–Crippen MR) is 117 cm³/mol. The van der Waals surface area contributed by atoms with Crippen LogP contribution >= 0.6 is 0 Å². The molecule has 156 valence electrons. The number of rotatable bonds is 11. The summed E-state index contributed by atoms with van der Waals surface area (Å²) in [7, 11) is 3.39. The van der Waals surface area contributed by atoms with E-state index < -0.39 is 0 Å². The molecule has 0 aliphatic rings. The molecular formula is C22H36N4O2. The number of nitrogens with zero attached hydrogens (tertiary/aromatic N) is 2. The lowest BCUT2D eigenvalue weighted by Gasteiger charge is -2.30. The van der Waals surface area contributed by atoms with Crippen molar-refractivity contribution in [3.63, 3.8) is 0 Å². The van der Waals surface area contributed by atoms with E-state index in [2.05, 4.69) is 54.1 Å². The second kappa shape index (κ2) is 12.9. The lowest BCUT2D eigenvalue weighted by atomic mass is 10.2. The summed E-state index contributed by atoms with van der Waals surface area (Å²) in [6, 6.07) is 6.91. The average Bonchev–Trinajstić information content (AvgIpc) is 2.67. The van der Waals surface area contributed by atoms with Gasteiger partial charge in [-0.2, -0.15) is 0 Å². The monoisotopic (exact) mass is 388 g/mol. The summed E-state index contributed by atoms with van der Waals surface area (Å²) >= 11 is 0. The predicted octanol–water partition coefficient (Wildman–Crippen LogP) is 2.88.